The third-order valence-corrected chi connectivity index (χ3v) is 5.42. The zero-order valence-electron chi connectivity index (χ0n) is 12.3. The van der Waals surface area contributed by atoms with Crippen LogP contribution in [0.25, 0.3) is 0 Å². The minimum Gasteiger partial charge on any atom is -0.598 e. The maximum atomic E-state index is 12.1. The topological polar surface area (TPSA) is 44.3 Å². The number of ether oxygens (including phenoxy) is 1. The summed E-state index contributed by atoms with van der Waals surface area (Å²) in [5, 5.41) is 0. The summed E-state index contributed by atoms with van der Waals surface area (Å²) in [5.74, 6) is 0.834. The van der Waals surface area contributed by atoms with E-state index in [1.54, 1.807) is 7.11 Å². The van der Waals surface area contributed by atoms with Gasteiger partial charge < -0.3 is 9.29 Å². The molecule has 1 rings (SSSR count). The lowest BCUT2D eigenvalue weighted by Crippen LogP contribution is -2.40. The molecule has 5 heteroatoms. The highest BCUT2D eigenvalue weighted by Crippen LogP contribution is 2.34. The zero-order valence-corrected chi connectivity index (χ0v) is 14.7. The average molecular weight is 348 g/mol. The van der Waals surface area contributed by atoms with Crippen molar-refractivity contribution in [1.82, 2.24) is 4.72 Å². The summed E-state index contributed by atoms with van der Waals surface area (Å²) >= 11 is 2.38. The van der Waals surface area contributed by atoms with Crippen molar-refractivity contribution in [1.29, 1.82) is 0 Å². The summed E-state index contributed by atoms with van der Waals surface area (Å²) in [6.07, 6.45) is 0. The van der Waals surface area contributed by atoms with Crippen LogP contribution < -0.4 is 9.46 Å². The lowest BCUT2D eigenvalue weighted by molar-refractivity contribution is 0.401. The summed E-state index contributed by atoms with van der Waals surface area (Å²) in [5.41, 5.74) is 2.07. The van der Waals surface area contributed by atoms with Gasteiger partial charge >= 0.3 is 0 Å². The first-order valence-electron chi connectivity index (χ1n) is 6.19. The third kappa shape index (κ3) is 4.12. The van der Waals surface area contributed by atoms with Crippen molar-refractivity contribution in [2.75, 3.05) is 7.11 Å². The molecule has 0 heterocycles. The summed E-state index contributed by atoms with van der Waals surface area (Å²) in [4.78, 5) is 0. The number of benzene rings is 1. The van der Waals surface area contributed by atoms with Gasteiger partial charge in [0.2, 0.25) is 0 Å². The molecule has 0 radical (unpaired) electrons. The van der Waals surface area contributed by atoms with Crippen LogP contribution in [0.5, 0.6) is 5.75 Å². The number of hydrogen-bond acceptors (Lipinski definition) is 3. The normalized spacial score (nSPS) is 15.2. The molecule has 2 atom stereocenters. The highest BCUT2D eigenvalue weighted by molar-refractivity contribution is 9.10. The number of nitrogens with one attached hydrogen (secondary N) is 1. The third-order valence-electron chi connectivity index (χ3n) is 2.88. The molecule has 1 aromatic rings. The maximum absolute atomic E-state index is 12.1. The predicted octanol–water partition coefficient (Wildman–Crippen LogP) is 3.88. The molecule has 0 spiro atoms. The largest absolute Gasteiger partial charge is 0.598 e. The SMILES string of the molecule is COc1c(C(C)N[S@+]([O-])C(C)(C)C)ccc(Br)c1C. The van der Waals surface area contributed by atoms with E-state index >= 15 is 0 Å². The fraction of sp³-hybridized carbons (Fsp3) is 0.571. The smallest absolute Gasteiger partial charge is 0.136 e. The van der Waals surface area contributed by atoms with Gasteiger partial charge in [0.25, 0.3) is 0 Å². The highest BCUT2D eigenvalue weighted by atomic mass is 79.9. The zero-order chi connectivity index (χ0) is 14.8. The van der Waals surface area contributed by atoms with E-state index in [1.165, 1.54) is 0 Å². The van der Waals surface area contributed by atoms with Gasteiger partial charge in [0.05, 0.1) is 13.2 Å². The Morgan fingerprint density at radius 1 is 1.37 bits per heavy atom. The molecule has 1 aromatic carbocycles. The highest BCUT2D eigenvalue weighted by Gasteiger charge is 2.29. The molecule has 0 aliphatic rings. The van der Waals surface area contributed by atoms with E-state index in [9.17, 15) is 4.55 Å². The number of hydrogen-bond donors (Lipinski definition) is 1. The van der Waals surface area contributed by atoms with Crippen LogP contribution in [0.15, 0.2) is 16.6 Å². The van der Waals surface area contributed by atoms with Crippen LogP contribution in [0.4, 0.5) is 0 Å². The lowest BCUT2D eigenvalue weighted by Gasteiger charge is -2.27. The molecule has 1 unspecified atom stereocenters. The van der Waals surface area contributed by atoms with Gasteiger partial charge in [-0.25, -0.2) is 0 Å². The number of halogens is 1. The first-order valence-corrected chi connectivity index (χ1v) is 8.13. The molecular formula is C14H22BrNO2S. The van der Waals surface area contributed by atoms with Gasteiger partial charge in [0.1, 0.15) is 10.5 Å². The van der Waals surface area contributed by atoms with Crippen molar-refractivity contribution in [2.24, 2.45) is 0 Å². The average Bonchev–Trinajstić information content (AvgIpc) is 2.30. The number of methoxy groups -OCH3 is 1. The Kier molecular flexibility index (Phi) is 5.74. The van der Waals surface area contributed by atoms with Gasteiger partial charge in [-0.2, -0.15) is 0 Å². The minimum absolute atomic E-state index is 0.0400. The van der Waals surface area contributed by atoms with E-state index in [1.807, 2.05) is 46.8 Å². The van der Waals surface area contributed by atoms with Crippen molar-refractivity contribution >= 4 is 27.3 Å². The van der Waals surface area contributed by atoms with E-state index in [2.05, 4.69) is 20.7 Å². The van der Waals surface area contributed by atoms with Crippen molar-refractivity contribution in [3.8, 4) is 5.75 Å². The van der Waals surface area contributed by atoms with Crippen LogP contribution in [0.3, 0.4) is 0 Å². The maximum Gasteiger partial charge on any atom is 0.136 e. The Labute approximate surface area is 127 Å². The summed E-state index contributed by atoms with van der Waals surface area (Å²) in [7, 11) is 1.66. The molecule has 1 N–H and O–H groups in total. The Hall–Kier alpha value is -0.230. The molecule has 0 aliphatic heterocycles. The lowest BCUT2D eigenvalue weighted by atomic mass is 10.0. The molecular weight excluding hydrogens is 326 g/mol. The van der Waals surface area contributed by atoms with Gasteiger partial charge in [-0.05, 0) is 40.7 Å². The Balaban J connectivity index is 3.00. The molecule has 0 amide bonds. The van der Waals surface area contributed by atoms with Crippen LogP contribution in [0, 0.1) is 6.92 Å². The second kappa shape index (κ2) is 6.48. The molecule has 0 saturated heterocycles. The van der Waals surface area contributed by atoms with Crippen molar-refractivity contribution < 1.29 is 9.29 Å². The fourth-order valence-electron chi connectivity index (χ4n) is 1.70. The van der Waals surface area contributed by atoms with Crippen LogP contribution >= 0.6 is 15.9 Å². The first kappa shape index (κ1) is 16.8. The van der Waals surface area contributed by atoms with Gasteiger partial charge in [0.15, 0.2) is 0 Å². The van der Waals surface area contributed by atoms with Crippen molar-refractivity contribution in [3.05, 3.63) is 27.7 Å². The summed E-state index contributed by atoms with van der Waals surface area (Å²) in [6, 6.07) is 3.94. The van der Waals surface area contributed by atoms with E-state index in [4.69, 9.17) is 4.74 Å². The second-order valence-electron chi connectivity index (χ2n) is 5.52. The quantitative estimate of drug-likeness (QED) is 0.840. The van der Waals surface area contributed by atoms with E-state index < -0.39 is 11.4 Å². The predicted molar refractivity (Wildman–Crippen MR) is 84.9 cm³/mol. The minimum atomic E-state index is -1.11. The van der Waals surface area contributed by atoms with Gasteiger partial charge in [-0.3, -0.25) is 0 Å². The standard InChI is InChI=1S/C14H22BrNO2S/c1-9-12(15)8-7-11(13(9)18-6)10(2)16-19(17)14(3,4)5/h7-8,10,16H,1-6H3/t10?,19-/m1/s1. The van der Waals surface area contributed by atoms with Gasteiger partial charge in [-0.1, -0.05) is 22.0 Å². The van der Waals surface area contributed by atoms with Crippen LogP contribution in [0.1, 0.15) is 44.9 Å². The van der Waals surface area contributed by atoms with E-state index in [0.717, 1.165) is 21.3 Å². The second-order valence-corrected chi connectivity index (χ2v) is 8.37. The molecule has 0 fully saturated rings. The first-order chi connectivity index (χ1) is 8.68. The van der Waals surface area contributed by atoms with Crippen LogP contribution in [-0.4, -0.2) is 16.4 Å². The molecule has 0 saturated carbocycles. The van der Waals surface area contributed by atoms with Crippen molar-refractivity contribution in [2.45, 2.75) is 45.4 Å². The molecule has 108 valence electrons. The van der Waals surface area contributed by atoms with Gasteiger partial charge in [0, 0.05) is 27.0 Å². The fourth-order valence-corrected chi connectivity index (χ4v) is 2.82. The Morgan fingerprint density at radius 2 is 1.95 bits per heavy atom. The molecule has 3 nitrogen and oxygen atoms in total. The molecule has 0 aromatic heterocycles. The van der Waals surface area contributed by atoms with Crippen LogP contribution in [-0.2, 0) is 11.4 Å². The summed E-state index contributed by atoms with van der Waals surface area (Å²) < 4.78 is 21.5. The van der Waals surface area contributed by atoms with Crippen molar-refractivity contribution in [3.63, 3.8) is 0 Å². The monoisotopic (exact) mass is 347 g/mol. The Bertz CT molecular complexity index is 446. The van der Waals surface area contributed by atoms with E-state index in [-0.39, 0.29) is 10.8 Å². The summed E-state index contributed by atoms with van der Waals surface area (Å²) in [6.45, 7) is 9.85. The molecule has 19 heavy (non-hydrogen) atoms. The molecule has 0 bridgehead atoms. The Morgan fingerprint density at radius 3 is 2.42 bits per heavy atom. The van der Waals surface area contributed by atoms with Crippen LogP contribution in [0.2, 0.25) is 0 Å². The number of rotatable bonds is 4. The van der Waals surface area contributed by atoms with E-state index in [0.29, 0.717) is 0 Å². The molecule has 0 aliphatic carbocycles. The van der Waals surface area contributed by atoms with Gasteiger partial charge in [-0.15, -0.1) is 4.72 Å².